The summed E-state index contributed by atoms with van der Waals surface area (Å²) in [6.07, 6.45) is 3.57. The van der Waals surface area contributed by atoms with E-state index in [1.54, 1.807) is 41.3 Å². The predicted molar refractivity (Wildman–Crippen MR) is 89.3 cm³/mol. The Kier molecular flexibility index (Phi) is 4.52. The third kappa shape index (κ3) is 3.76. The van der Waals surface area contributed by atoms with Gasteiger partial charge in [0.25, 0.3) is 0 Å². The van der Waals surface area contributed by atoms with Crippen LogP contribution in [0.2, 0.25) is 0 Å². The number of nitrogens with zero attached hydrogens (tertiary/aromatic N) is 2. The van der Waals surface area contributed by atoms with E-state index in [-0.39, 0.29) is 18.2 Å². The van der Waals surface area contributed by atoms with Gasteiger partial charge in [0, 0.05) is 17.3 Å². The summed E-state index contributed by atoms with van der Waals surface area (Å²) in [5, 5.41) is 4.25. The highest BCUT2D eigenvalue weighted by Gasteiger charge is 2.09. The Hall–Kier alpha value is -3.21. The number of hydrogen-bond acceptors (Lipinski definition) is 4. The molecule has 1 heterocycles. The second-order valence-corrected chi connectivity index (χ2v) is 5.36. The van der Waals surface area contributed by atoms with Crippen LogP contribution in [0.3, 0.4) is 0 Å². The molecule has 0 aliphatic rings. The first-order valence-corrected chi connectivity index (χ1v) is 7.52. The van der Waals surface area contributed by atoms with Crippen LogP contribution < -0.4 is 4.74 Å². The average Bonchev–Trinajstić information content (AvgIpc) is 3.04. The Balaban J connectivity index is 1.63. The molecule has 24 heavy (non-hydrogen) atoms. The Morgan fingerprint density at radius 3 is 2.42 bits per heavy atom. The Morgan fingerprint density at radius 2 is 1.75 bits per heavy atom. The zero-order valence-electron chi connectivity index (χ0n) is 13.2. The second kappa shape index (κ2) is 6.91. The van der Waals surface area contributed by atoms with Crippen molar-refractivity contribution in [2.24, 2.45) is 0 Å². The first-order valence-electron chi connectivity index (χ1n) is 7.52. The fraction of sp³-hybridized carbons (Fsp3) is 0.105. The van der Waals surface area contributed by atoms with Crippen molar-refractivity contribution in [1.82, 2.24) is 9.78 Å². The van der Waals surface area contributed by atoms with Crippen LogP contribution in [0.25, 0.3) is 5.69 Å². The third-order valence-corrected chi connectivity index (χ3v) is 3.50. The molecule has 0 saturated carbocycles. The molecule has 5 heteroatoms. The summed E-state index contributed by atoms with van der Waals surface area (Å²) >= 11 is 0. The van der Waals surface area contributed by atoms with Crippen molar-refractivity contribution in [2.45, 2.75) is 13.3 Å². The number of carbonyl (C=O) groups is 2. The van der Waals surface area contributed by atoms with Gasteiger partial charge in [0.05, 0.1) is 18.3 Å². The van der Waals surface area contributed by atoms with Crippen molar-refractivity contribution in [2.75, 3.05) is 0 Å². The highest BCUT2D eigenvalue weighted by atomic mass is 16.5. The summed E-state index contributed by atoms with van der Waals surface area (Å²) in [6.45, 7) is 1.49. The number of benzene rings is 2. The largest absolute Gasteiger partial charge is 0.426 e. The van der Waals surface area contributed by atoms with Gasteiger partial charge in [-0.15, -0.1) is 0 Å². The van der Waals surface area contributed by atoms with Crippen LogP contribution in [-0.4, -0.2) is 21.5 Å². The topological polar surface area (TPSA) is 61.2 Å². The Labute approximate surface area is 139 Å². The Bertz CT molecular complexity index is 852. The number of hydrogen-bond donors (Lipinski definition) is 0. The molecular formula is C19H16N2O3. The van der Waals surface area contributed by atoms with Gasteiger partial charge in [0.2, 0.25) is 0 Å². The number of carbonyl (C=O) groups excluding carboxylic acids is 2. The lowest BCUT2D eigenvalue weighted by molar-refractivity contribution is -0.133. The van der Waals surface area contributed by atoms with Gasteiger partial charge in [0.15, 0.2) is 5.78 Å². The van der Waals surface area contributed by atoms with E-state index < -0.39 is 0 Å². The SMILES string of the molecule is CC(=O)c1ccc(OC(=O)Cc2cnn(-c3ccccc3)c2)cc1. The molecule has 0 amide bonds. The molecule has 0 N–H and O–H groups in total. The number of aromatic nitrogens is 2. The molecule has 0 unspecified atom stereocenters. The summed E-state index contributed by atoms with van der Waals surface area (Å²) < 4.78 is 6.99. The predicted octanol–water partition coefficient (Wildman–Crippen LogP) is 3.22. The van der Waals surface area contributed by atoms with E-state index in [2.05, 4.69) is 5.10 Å². The van der Waals surface area contributed by atoms with Crippen molar-refractivity contribution >= 4 is 11.8 Å². The van der Waals surface area contributed by atoms with E-state index in [9.17, 15) is 9.59 Å². The summed E-state index contributed by atoms with van der Waals surface area (Å²) in [4.78, 5) is 23.2. The molecule has 0 aliphatic carbocycles. The van der Waals surface area contributed by atoms with Crippen LogP contribution in [0.1, 0.15) is 22.8 Å². The number of ether oxygens (including phenoxy) is 1. The van der Waals surface area contributed by atoms with Gasteiger partial charge >= 0.3 is 5.97 Å². The van der Waals surface area contributed by atoms with Gasteiger partial charge in [-0.1, -0.05) is 18.2 Å². The number of para-hydroxylation sites is 1. The smallest absolute Gasteiger partial charge is 0.315 e. The molecule has 0 atom stereocenters. The van der Waals surface area contributed by atoms with Crippen LogP contribution in [-0.2, 0) is 11.2 Å². The Morgan fingerprint density at radius 1 is 1.04 bits per heavy atom. The first-order chi connectivity index (χ1) is 11.6. The van der Waals surface area contributed by atoms with Gasteiger partial charge in [-0.2, -0.15) is 5.10 Å². The molecule has 0 bridgehead atoms. The molecule has 3 aromatic rings. The van der Waals surface area contributed by atoms with E-state index >= 15 is 0 Å². The normalized spacial score (nSPS) is 10.4. The summed E-state index contributed by atoms with van der Waals surface area (Å²) in [5.74, 6) is 0.0137. The molecule has 0 saturated heterocycles. The van der Waals surface area contributed by atoms with E-state index in [1.165, 1.54) is 6.92 Å². The van der Waals surface area contributed by atoms with Crippen molar-refractivity contribution in [3.63, 3.8) is 0 Å². The van der Waals surface area contributed by atoms with Crippen LogP contribution >= 0.6 is 0 Å². The molecular weight excluding hydrogens is 304 g/mol. The molecule has 0 radical (unpaired) electrons. The maximum Gasteiger partial charge on any atom is 0.315 e. The van der Waals surface area contributed by atoms with Gasteiger partial charge in [-0.05, 0) is 43.3 Å². The van der Waals surface area contributed by atoms with Crippen LogP contribution in [0.15, 0.2) is 67.0 Å². The fourth-order valence-electron chi connectivity index (χ4n) is 2.27. The molecule has 3 rings (SSSR count). The maximum absolute atomic E-state index is 12.0. The van der Waals surface area contributed by atoms with E-state index in [1.807, 2.05) is 30.3 Å². The fourth-order valence-corrected chi connectivity index (χ4v) is 2.27. The van der Waals surface area contributed by atoms with E-state index in [0.717, 1.165) is 11.3 Å². The zero-order chi connectivity index (χ0) is 16.9. The maximum atomic E-state index is 12.0. The number of esters is 1. The van der Waals surface area contributed by atoms with Crippen molar-refractivity contribution < 1.29 is 14.3 Å². The zero-order valence-corrected chi connectivity index (χ0v) is 13.2. The third-order valence-electron chi connectivity index (χ3n) is 3.50. The first kappa shape index (κ1) is 15.7. The standard InChI is InChI=1S/C19H16N2O3/c1-14(22)16-7-9-18(10-8-16)24-19(23)11-15-12-20-21(13-15)17-5-3-2-4-6-17/h2-10,12-13H,11H2,1H3. The average molecular weight is 320 g/mol. The molecule has 0 fully saturated rings. The van der Waals surface area contributed by atoms with Gasteiger partial charge in [-0.25, -0.2) is 4.68 Å². The number of rotatable bonds is 5. The second-order valence-electron chi connectivity index (χ2n) is 5.36. The van der Waals surface area contributed by atoms with Crippen LogP contribution in [0.4, 0.5) is 0 Å². The number of ketones is 1. The van der Waals surface area contributed by atoms with E-state index in [4.69, 9.17) is 4.74 Å². The summed E-state index contributed by atoms with van der Waals surface area (Å²) in [5.41, 5.74) is 2.28. The molecule has 2 aromatic carbocycles. The molecule has 5 nitrogen and oxygen atoms in total. The van der Waals surface area contributed by atoms with Crippen molar-refractivity contribution in [3.05, 3.63) is 78.1 Å². The van der Waals surface area contributed by atoms with E-state index in [0.29, 0.717) is 11.3 Å². The minimum Gasteiger partial charge on any atom is -0.426 e. The lowest BCUT2D eigenvalue weighted by atomic mass is 10.1. The minimum absolute atomic E-state index is 0.0267. The molecule has 0 aliphatic heterocycles. The number of Topliss-reactive ketones (excluding diaryl/α,β-unsaturated/α-hetero) is 1. The van der Waals surface area contributed by atoms with Gasteiger partial charge < -0.3 is 4.74 Å². The highest BCUT2D eigenvalue weighted by molar-refractivity contribution is 5.94. The minimum atomic E-state index is -0.377. The quantitative estimate of drug-likeness (QED) is 0.411. The molecule has 0 spiro atoms. The van der Waals surface area contributed by atoms with Crippen molar-refractivity contribution in [1.29, 1.82) is 0 Å². The monoisotopic (exact) mass is 320 g/mol. The summed E-state index contributed by atoms with van der Waals surface area (Å²) in [7, 11) is 0. The van der Waals surface area contributed by atoms with Crippen molar-refractivity contribution in [3.8, 4) is 11.4 Å². The van der Waals surface area contributed by atoms with Gasteiger partial charge in [0.1, 0.15) is 5.75 Å². The molecule has 120 valence electrons. The lowest BCUT2D eigenvalue weighted by Gasteiger charge is -2.04. The van der Waals surface area contributed by atoms with Gasteiger partial charge in [-0.3, -0.25) is 9.59 Å². The molecule has 1 aromatic heterocycles. The lowest BCUT2D eigenvalue weighted by Crippen LogP contribution is -2.11. The highest BCUT2D eigenvalue weighted by Crippen LogP contribution is 2.14. The van der Waals surface area contributed by atoms with Crippen LogP contribution in [0, 0.1) is 0 Å². The van der Waals surface area contributed by atoms with Crippen LogP contribution in [0.5, 0.6) is 5.75 Å². The summed E-state index contributed by atoms with van der Waals surface area (Å²) in [6, 6.07) is 16.2.